The molecule has 116 valence electrons. The second-order valence-corrected chi connectivity index (χ2v) is 6.02. The van der Waals surface area contributed by atoms with Crippen LogP contribution in [0.1, 0.15) is 32.1 Å². The zero-order valence-electron chi connectivity index (χ0n) is 12.5. The summed E-state index contributed by atoms with van der Waals surface area (Å²) in [4.78, 5) is 14.5. The highest BCUT2D eigenvalue weighted by Crippen LogP contribution is 2.26. The van der Waals surface area contributed by atoms with E-state index in [2.05, 4.69) is 20.6 Å². The van der Waals surface area contributed by atoms with Crippen LogP contribution >= 0.6 is 0 Å². The maximum Gasteiger partial charge on any atom is 0.315 e. The van der Waals surface area contributed by atoms with E-state index < -0.39 is 0 Å². The molecule has 1 aromatic heterocycles. The molecule has 3 rings (SSSR count). The average molecular weight is 291 g/mol. The van der Waals surface area contributed by atoms with Gasteiger partial charge in [-0.1, -0.05) is 6.42 Å². The summed E-state index contributed by atoms with van der Waals surface area (Å²) in [5.41, 5.74) is 0. The quantitative estimate of drug-likeness (QED) is 0.801. The maximum atomic E-state index is 12.0. The molecule has 0 saturated carbocycles. The molecule has 0 aliphatic carbocycles. The van der Waals surface area contributed by atoms with Gasteiger partial charge in [-0.15, -0.1) is 0 Å². The summed E-state index contributed by atoms with van der Waals surface area (Å²) in [5, 5.41) is 10.3. The van der Waals surface area contributed by atoms with Gasteiger partial charge in [-0.2, -0.15) is 5.10 Å². The Balaban J connectivity index is 1.34. The highest BCUT2D eigenvalue weighted by molar-refractivity contribution is 5.74. The van der Waals surface area contributed by atoms with Crippen LogP contribution in [0.25, 0.3) is 0 Å². The molecule has 3 heterocycles. The number of hydrogen-bond acceptors (Lipinski definition) is 3. The van der Waals surface area contributed by atoms with Gasteiger partial charge in [-0.3, -0.25) is 9.58 Å². The first-order valence-electron chi connectivity index (χ1n) is 8.09. The SMILES string of the molecule is O=C(NCCCn1cccn1)NC1CCN2CCCCC12. The van der Waals surface area contributed by atoms with Crippen LogP contribution in [-0.2, 0) is 6.54 Å². The summed E-state index contributed by atoms with van der Waals surface area (Å²) >= 11 is 0. The number of hydrogen-bond donors (Lipinski definition) is 2. The lowest BCUT2D eigenvalue weighted by molar-refractivity contribution is 0.179. The molecule has 6 heteroatoms. The van der Waals surface area contributed by atoms with Gasteiger partial charge >= 0.3 is 6.03 Å². The van der Waals surface area contributed by atoms with Gasteiger partial charge in [0.2, 0.25) is 0 Å². The van der Waals surface area contributed by atoms with Gasteiger partial charge in [-0.25, -0.2) is 4.79 Å². The number of piperidine rings is 1. The predicted molar refractivity (Wildman–Crippen MR) is 81.0 cm³/mol. The highest BCUT2D eigenvalue weighted by atomic mass is 16.2. The van der Waals surface area contributed by atoms with E-state index in [0.29, 0.717) is 18.6 Å². The van der Waals surface area contributed by atoms with Crippen LogP contribution in [0.15, 0.2) is 18.5 Å². The Hall–Kier alpha value is -1.56. The topological polar surface area (TPSA) is 62.2 Å². The molecule has 6 nitrogen and oxygen atoms in total. The second kappa shape index (κ2) is 6.93. The van der Waals surface area contributed by atoms with Crippen LogP contribution in [0.3, 0.4) is 0 Å². The molecular formula is C15H25N5O. The Morgan fingerprint density at radius 2 is 2.24 bits per heavy atom. The van der Waals surface area contributed by atoms with E-state index in [9.17, 15) is 4.79 Å². The van der Waals surface area contributed by atoms with E-state index in [0.717, 1.165) is 25.9 Å². The first-order valence-corrected chi connectivity index (χ1v) is 8.09. The third kappa shape index (κ3) is 3.75. The van der Waals surface area contributed by atoms with Gasteiger partial charge in [0.15, 0.2) is 0 Å². The molecule has 0 bridgehead atoms. The fourth-order valence-electron chi connectivity index (χ4n) is 3.51. The lowest BCUT2D eigenvalue weighted by atomic mass is 9.99. The Morgan fingerprint density at radius 1 is 1.29 bits per heavy atom. The maximum absolute atomic E-state index is 12.0. The molecule has 2 aliphatic heterocycles. The fourth-order valence-corrected chi connectivity index (χ4v) is 3.51. The number of aryl methyl sites for hydroxylation is 1. The molecule has 21 heavy (non-hydrogen) atoms. The minimum Gasteiger partial charge on any atom is -0.338 e. The molecule has 0 spiro atoms. The van der Waals surface area contributed by atoms with E-state index in [-0.39, 0.29) is 6.03 Å². The third-order valence-electron chi connectivity index (χ3n) is 4.58. The van der Waals surface area contributed by atoms with Crippen molar-refractivity contribution < 1.29 is 4.79 Å². The number of urea groups is 1. The minimum absolute atomic E-state index is 0.0205. The normalized spacial score (nSPS) is 25.5. The lowest BCUT2D eigenvalue weighted by Gasteiger charge is -2.32. The fraction of sp³-hybridized carbons (Fsp3) is 0.733. The molecule has 2 unspecified atom stereocenters. The molecule has 1 aromatic rings. The van der Waals surface area contributed by atoms with E-state index in [1.165, 1.54) is 25.8 Å². The molecule has 2 amide bonds. The van der Waals surface area contributed by atoms with Crippen molar-refractivity contribution in [3.63, 3.8) is 0 Å². The molecule has 0 aromatic carbocycles. The van der Waals surface area contributed by atoms with Crippen LogP contribution in [-0.4, -0.2) is 52.4 Å². The molecule has 2 saturated heterocycles. The van der Waals surface area contributed by atoms with Crippen molar-refractivity contribution in [2.45, 2.75) is 50.7 Å². The van der Waals surface area contributed by atoms with Crippen molar-refractivity contribution in [1.29, 1.82) is 0 Å². The van der Waals surface area contributed by atoms with Gasteiger partial charge in [0.25, 0.3) is 0 Å². The van der Waals surface area contributed by atoms with E-state index in [1.807, 2.05) is 16.9 Å². The molecule has 2 fully saturated rings. The van der Waals surface area contributed by atoms with Crippen molar-refractivity contribution in [1.82, 2.24) is 25.3 Å². The Morgan fingerprint density at radius 3 is 3.10 bits per heavy atom. The highest BCUT2D eigenvalue weighted by Gasteiger charge is 2.36. The Labute approximate surface area is 125 Å². The van der Waals surface area contributed by atoms with Crippen LogP contribution in [0.2, 0.25) is 0 Å². The average Bonchev–Trinajstić information content (AvgIpc) is 3.14. The third-order valence-corrected chi connectivity index (χ3v) is 4.58. The van der Waals surface area contributed by atoms with Gasteiger partial charge < -0.3 is 10.6 Å². The standard InChI is InChI=1S/C15H25N5O/c21-15(16-7-3-10-20-11-4-8-17-20)18-13-6-12-19-9-2-1-5-14(13)19/h4,8,11,13-14H,1-3,5-7,9-10,12H2,(H2,16,18,21). The molecule has 2 N–H and O–H groups in total. The van der Waals surface area contributed by atoms with Crippen LogP contribution in [0.5, 0.6) is 0 Å². The summed E-state index contributed by atoms with van der Waals surface area (Å²) in [6.07, 6.45) is 9.53. The van der Waals surface area contributed by atoms with Gasteiger partial charge in [0.05, 0.1) is 0 Å². The number of amides is 2. The number of nitrogens with one attached hydrogen (secondary N) is 2. The number of rotatable bonds is 5. The molecule has 2 atom stereocenters. The van der Waals surface area contributed by atoms with Crippen molar-refractivity contribution in [3.8, 4) is 0 Å². The molecular weight excluding hydrogens is 266 g/mol. The van der Waals surface area contributed by atoms with Crippen molar-refractivity contribution in [3.05, 3.63) is 18.5 Å². The van der Waals surface area contributed by atoms with Crippen LogP contribution < -0.4 is 10.6 Å². The van der Waals surface area contributed by atoms with Gasteiger partial charge in [0.1, 0.15) is 0 Å². The Kier molecular flexibility index (Phi) is 4.75. The predicted octanol–water partition coefficient (Wildman–Crippen LogP) is 1.20. The first-order chi connectivity index (χ1) is 10.3. The van der Waals surface area contributed by atoms with E-state index in [1.54, 1.807) is 6.20 Å². The van der Waals surface area contributed by atoms with Crippen LogP contribution in [0, 0.1) is 0 Å². The van der Waals surface area contributed by atoms with Crippen molar-refractivity contribution in [2.24, 2.45) is 0 Å². The summed E-state index contributed by atoms with van der Waals surface area (Å²) in [6.45, 7) is 3.86. The van der Waals surface area contributed by atoms with E-state index >= 15 is 0 Å². The molecule has 0 radical (unpaired) electrons. The summed E-state index contributed by atoms with van der Waals surface area (Å²) in [6, 6.07) is 2.79. The van der Waals surface area contributed by atoms with Crippen LogP contribution in [0.4, 0.5) is 4.79 Å². The zero-order valence-corrected chi connectivity index (χ0v) is 12.5. The largest absolute Gasteiger partial charge is 0.338 e. The lowest BCUT2D eigenvalue weighted by Crippen LogP contribution is -2.49. The zero-order chi connectivity index (χ0) is 14.5. The number of nitrogens with zero attached hydrogens (tertiary/aromatic N) is 3. The van der Waals surface area contributed by atoms with Crippen molar-refractivity contribution in [2.75, 3.05) is 19.6 Å². The van der Waals surface area contributed by atoms with Gasteiger partial charge in [0, 0.05) is 44.1 Å². The van der Waals surface area contributed by atoms with Crippen molar-refractivity contribution >= 4 is 6.03 Å². The monoisotopic (exact) mass is 291 g/mol. The summed E-state index contributed by atoms with van der Waals surface area (Å²) in [7, 11) is 0. The smallest absolute Gasteiger partial charge is 0.315 e. The van der Waals surface area contributed by atoms with Gasteiger partial charge in [-0.05, 0) is 38.3 Å². The van der Waals surface area contributed by atoms with E-state index in [4.69, 9.17) is 0 Å². The number of carbonyl (C=O) groups excluding carboxylic acids is 1. The summed E-state index contributed by atoms with van der Waals surface area (Å²) < 4.78 is 1.89. The number of aromatic nitrogens is 2. The minimum atomic E-state index is -0.0205. The first kappa shape index (κ1) is 14.4. The number of fused-ring (bicyclic) bond motifs is 1. The second-order valence-electron chi connectivity index (χ2n) is 6.02. The Bertz CT molecular complexity index is 447. The summed E-state index contributed by atoms with van der Waals surface area (Å²) in [5.74, 6) is 0. The number of carbonyl (C=O) groups is 1. The molecule has 2 aliphatic rings.